The Kier molecular flexibility index (Phi) is 67.1. The zero-order chi connectivity index (χ0) is 77.6. The van der Waals surface area contributed by atoms with Gasteiger partial charge >= 0.3 is 0 Å². The molecule has 0 saturated carbocycles. The quantitative estimate of drug-likeness (QED) is 0.0269. The molecule has 0 amide bonds. The van der Waals surface area contributed by atoms with Crippen LogP contribution in [0.2, 0.25) is 0 Å². The van der Waals surface area contributed by atoms with Crippen molar-refractivity contribution in [2.75, 3.05) is 271 Å². The minimum Gasteiger partial charge on any atom is -0.394 e. The van der Waals surface area contributed by atoms with E-state index >= 15 is 0 Å². The molecule has 0 fully saturated rings. The van der Waals surface area contributed by atoms with Crippen molar-refractivity contribution in [2.45, 2.75) is 129 Å². The largest absolute Gasteiger partial charge is 0.394 e. The first-order chi connectivity index (χ1) is 50.0. The fourth-order valence-electron chi connectivity index (χ4n) is 8.03. The highest BCUT2D eigenvalue weighted by Gasteiger charge is 2.33. The van der Waals surface area contributed by atoms with E-state index in [-0.39, 0.29) is 198 Å². The summed E-state index contributed by atoms with van der Waals surface area (Å²) in [6.07, 6.45) is -21.5. The number of hydrogen-bond donors (Lipinski definition) is 22. The highest BCUT2D eigenvalue weighted by atomic mass is 16.6. The van der Waals surface area contributed by atoms with Crippen molar-refractivity contribution in [3.8, 4) is 0 Å². The number of aliphatic hydroxyl groups is 22. The van der Waals surface area contributed by atoms with Crippen LogP contribution in [0.3, 0.4) is 0 Å². The van der Waals surface area contributed by atoms with Crippen LogP contribution in [0.4, 0.5) is 0 Å². The van der Waals surface area contributed by atoms with Crippen LogP contribution in [0, 0.1) is 5.41 Å². The number of rotatable bonds is 80. The summed E-state index contributed by atoms with van der Waals surface area (Å²) >= 11 is 0. The monoisotopic (exact) mass is 1540 g/mol. The molecule has 22 N–H and O–H groups in total. The van der Waals surface area contributed by atoms with Crippen LogP contribution in [-0.4, -0.2) is 499 Å². The molecule has 626 valence electrons. The molecular formula is C63H128O41. The first-order valence-corrected chi connectivity index (χ1v) is 34.5. The summed E-state index contributed by atoms with van der Waals surface area (Å²) in [7, 11) is 0. The van der Waals surface area contributed by atoms with E-state index in [1.165, 1.54) is 0 Å². The summed E-state index contributed by atoms with van der Waals surface area (Å²) in [4.78, 5) is 0. The fourth-order valence-corrected chi connectivity index (χ4v) is 8.03. The van der Waals surface area contributed by atoms with E-state index in [1.54, 1.807) is 6.92 Å². The van der Waals surface area contributed by atoms with E-state index in [4.69, 9.17) is 90.0 Å². The van der Waals surface area contributed by atoms with Crippen LogP contribution in [0.15, 0.2) is 0 Å². The minimum atomic E-state index is -1.37. The van der Waals surface area contributed by atoms with Crippen molar-refractivity contribution >= 4 is 0 Å². The van der Waals surface area contributed by atoms with Gasteiger partial charge in [0.1, 0.15) is 116 Å². The number of aliphatic hydroxyl groups excluding tert-OH is 22. The Morgan fingerprint density at radius 1 is 0.173 bits per heavy atom. The zero-order valence-electron chi connectivity index (χ0n) is 59.8. The molecule has 0 heterocycles. The molecule has 20 atom stereocenters. The molecule has 0 aliphatic carbocycles. The molecule has 0 aliphatic rings. The lowest BCUT2D eigenvalue weighted by molar-refractivity contribution is -0.152. The Bertz CT molecular complexity index is 1830. The maximum atomic E-state index is 10.4. The van der Waals surface area contributed by atoms with Crippen molar-refractivity contribution in [1.82, 2.24) is 0 Å². The summed E-state index contributed by atoms with van der Waals surface area (Å²) < 4.78 is 112. The first-order valence-electron chi connectivity index (χ1n) is 34.5. The van der Waals surface area contributed by atoms with Gasteiger partial charge in [0, 0.05) is 5.41 Å². The molecular weight excluding hydrogens is 1410 g/mol. The van der Waals surface area contributed by atoms with Crippen molar-refractivity contribution in [1.29, 1.82) is 0 Å². The van der Waals surface area contributed by atoms with E-state index in [0.717, 1.165) is 0 Å². The molecule has 41 nitrogen and oxygen atoms in total. The van der Waals surface area contributed by atoms with Gasteiger partial charge in [0.05, 0.1) is 271 Å². The zero-order valence-corrected chi connectivity index (χ0v) is 59.8. The van der Waals surface area contributed by atoms with Crippen LogP contribution >= 0.6 is 0 Å². The number of ether oxygens (including phenoxy) is 19. The van der Waals surface area contributed by atoms with Crippen molar-refractivity contribution in [3.63, 3.8) is 0 Å². The van der Waals surface area contributed by atoms with Crippen molar-refractivity contribution < 1.29 is 202 Å². The molecule has 0 rings (SSSR count). The van der Waals surface area contributed by atoms with Gasteiger partial charge in [0.25, 0.3) is 0 Å². The summed E-state index contributed by atoms with van der Waals surface area (Å²) in [5.41, 5.74) is -1.13. The highest BCUT2D eigenvalue weighted by molar-refractivity contribution is 4.80. The van der Waals surface area contributed by atoms with Gasteiger partial charge in [-0.1, -0.05) is 6.92 Å². The lowest BCUT2D eigenvalue weighted by Gasteiger charge is -2.34. The van der Waals surface area contributed by atoms with Gasteiger partial charge in [-0.05, 0) is 6.42 Å². The molecule has 0 aromatic heterocycles. The Labute approximate surface area is 606 Å². The van der Waals surface area contributed by atoms with E-state index < -0.39 is 201 Å². The van der Waals surface area contributed by atoms with Crippen LogP contribution in [0.25, 0.3) is 0 Å². The topological polar surface area (TPSA) is 620 Å². The van der Waals surface area contributed by atoms with Crippen LogP contribution in [-0.2, 0) is 90.0 Å². The summed E-state index contributed by atoms with van der Waals surface area (Å²) in [6.45, 7) is -13.4. The molecule has 104 heavy (non-hydrogen) atoms. The Morgan fingerprint density at radius 3 is 0.452 bits per heavy atom. The molecule has 0 bridgehead atoms. The molecule has 0 aliphatic heterocycles. The molecule has 0 spiro atoms. The molecule has 0 radical (unpaired) electrons. The predicted molar refractivity (Wildman–Crippen MR) is 354 cm³/mol. The second kappa shape index (κ2) is 68.2. The maximum absolute atomic E-state index is 10.4. The van der Waals surface area contributed by atoms with Crippen LogP contribution < -0.4 is 0 Å². The smallest absolute Gasteiger partial charge is 0.104 e. The SMILES string of the molecule is CCC(COCC(COCC(COCC(O)CO)OCC(O)CO)OCC(O)CO)(COCC(COCC(COCC(COCC(O)CO)OCC(O)CO)OCC(COCC(O)CO)OCC(O)CO)OCC(O)CO)COCC(COCC(O)CO)OCC(COCC(O)CO)OCC(O)CO. The Hall–Kier alpha value is -1.64. The summed E-state index contributed by atoms with van der Waals surface area (Å²) in [5.74, 6) is 0. The molecule has 0 aromatic rings. The molecule has 0 saturated heterocycles. The lowest BCUT2D eigenvalue weighted by Crippen LogP contribution is -2.42. The number of hydrogen-bond acceptors (Lipinski definition) is 41. The third-order valence-corrected chi connectivity index (χ3v) is 14.3. The average Bonchev–Trinajstić information content (AvgIpc) is 0.870. The minimum absolute atomic E-state index is 0.186. The van der Waals surface area contributed by atoms with Crippen molar-refractivity contribution in [3.05, 3.63) is 0 Å². The van der Waals surface area contributed by atoms with Gasteiger partial charge in [-0.25, -0.2) is 0 Å². The van der Waals surface area contributed by atoms with E-state index in [9.17, 15) is 112 Å². The third kappa shape index (κ3) is 56.6. The first kappa shape index (κ1) is 102. The van der Waals surface area contributed by atoms with Gasteiger partial charge in [-0.15, -0.1) is 0 Å². The predicted octanol–water partition coefficient (Wildman–Crippen LogP) is -12.5. The lowest BCUT2D eigenvalue weighted by atomic mass is 9.88. The average molecular weight is 1540 g/mol. The Balaban J connectivity index is 7.36. The van der Waals surface area contributed by atoms with Gasteiger partial charge in [0.2, 0.25) is 0 Å². The van der Waals surface area contributed by atoms with E-state index in [2.05, 4.69) is 0 Å². The van der Waals surface area contributed by atoms with Gasteiger partial charge < -0.3 is 202 Å². The van der Waals surface area contributed by atoms with E-state index in [1.807, 2.05) is 0 Å². The fraction of sp³-hybridized carbons (Fsp3) is 1.00. The van der Waals surface area contributed by atoms with Gasteiger partial charge in [-0.3, -0.25) is 0 Å². The summed E-state index contributed by atoms with van der Waals surface area (Å²) in [5, 5.41) is 214. The van der Waals surface area contributed by atoms with E-state index in [0.29, 0.717) is 0 Å². The molecule has 20 unspecified atom stereocenters. The van der Waals surface area contributed by atoms with Crippen LogP contribution in [0.5, 0.6) is 0 Å². The third-order valence-electron chi connectivity index (χ3n) is 14.3. The van der Waals surface area contributed by atoms with Crippen LogP contribution in [0.1, 0.15) is 13.3 Å². The van der Waals surface area contributed by atoms with Gasteiger partial charge in [-0.2, -0.15) is 0 Å². The highest BCUT2D eigenvalue weighted by Crippen LogP contribution is 2.25. The van der Waals surface area contributed by atoms with Crippen molar-refractivity contribution in [2.24, 2.45) is 5.41 Å². The molecule has 0 aromatic carbocycles. The second-order valence-corrected chi connectivity index (χ2v) is 24.5. The molecule has 41 heteroatoms. The summed E-state index contributed by atoms with van der Waals surface area (Å²) in [6, 6.07) is 0. The maximum Gasteiger partial charge on any atom is 0.104 e. The second-order valence-electron chi connectivity index (χ2n) is 24.5. The normalized spacial score (nSPS) is 18.5. The standard InChI is InChI=1S/C63H128O41/c1-2-63(41-94-36-58(99-21-51(82)10-71)32-92-29-56(98-20-50(81)9-70)26-87-15-45(76)4-65,43-96-38-60(27-88-16-46(77)5-66)104-40-62(102-24-54(85)13-74)35-90-18-48(79)7-68)42-95-37-59(100-22-52(83)11-72)33-93-31-57(103-39-61(101-23-53(84)12-73)34-89-17-47(78)6-67)30-91-28-55(97-19-49(80)8-69)25-86-14-44(75)3-64/h44-62,64-85H,2-43H2,1H3. The Morgan fingerprint density at radius 2 is 0.298 bits per heavy atom. The van der Waals surface area contributed by atoms with Gasteiger partial charge in [0.15, 0.2) is 0 Å².